The van der Waals surface area contributed by atoms with Gasteiger partial charge in [-0.15, -0.1) is 0 Å². The summed E-state index contributed by atoms with van der Waals surface area (Å²) in [5.74, 6) is -0.305. The molecular weight excluding hydrogens is 427 g/mol. The zero-order valence-electron chi connectivity index (χ0n) is 16.6. The highest BCUT2D eigenvalue weighted by Crippen LogP contribution is 2.24. The molecule has 0 aromatic heterocycles. The van der Waals surface area contributed by atoms with E-state index < -0.39 is 17.9 Å². The highest BCUT2D eigenvalue weighted by Gasteiger charge is 2.25. The third kappa shape index (κ3) is 5.88. The van der Waals surface area contributed by atoms with E-state index in [4.69, 9.17) is 32.7 Å². The van der Waals surface area contributed by atoms with Crippen molar-refractivity contribution >= 4 is 35.1 Å². The van der Waals surface area contributed by atoms with Crippen LogP contribution in [0.1, 0.15) is 28.8 Å². The minimum absolute atomic E-state index is 0.125. The number of carbonyl (C=O) groups excluding carboxylic acids is 2. The molecule has 2 N–H and O–H groups in total. The molecule has 6 nitrogen and oxygen atoms in total. The number of methoxy groups -OCH3 is 1. The summed E-state index contributed by atoms with van der Waals surface area (Å²) in [5, 5.41) is 6.40. The van der Waals surface area contributed by atoms with Crippen molar-refractivity contribution in [1.29, 1.82) is 0 Å². The molecule has 0 radical (unpaired) electrons. The molecule has 0 spiro atoms. The van der Waals surface area contributed by atoms with Gasteiger partial charge in [-0.25, -0.2) is 4.79 Å². The van der Waals surface area contributed by atoms with E-state index in [1.807, 2.05) is 24.3 Å². The Bertz CT molecular complexity index is 863. The van der Waals surface area contributed by atoms with Crippen molar-refractivity contribution < 1.29 is 19.1 Å². The molecule has 160 valence electrons. The normalized spacial score (nSPS) is 15.3. The molecule has 0 bridgehead atoms. The minimum Gasteiger partial charge on any atom is -0.490 e. The zero-order chi connectivity index (χ0) is 21.5. The number of hydrogen-bond acceptors (Lipinski definition) is 5. The lowest BCUT2D eigenvalue weighted by Gasteiger charge is -2.24. The van der Waals surface area contributed by atoms with E-state index in [0.29, 0.717) is 0 Å². The van der Waals surface area contributed by atoms with Gasteiger partial charge in [0.15, 0.2) is 0 Å². The van der Waals surface area contributed by atoms with E-state index >= 15 is 0 Å². The summed E-state index contributed by atoms with van der Waals surface area (Å²) in [5.41, 5.74) is 0.981. The summed E-state index contributed by atoms with van der Waals surface area (Å²) in [6.07, 6.45) is 2.42. The molecule has 2 aromatic carbocycles. The molecule has 0 unspecified atom stereocenters. The van der Waals surface area contributed by atoms with Gasteiger partial charge in [0.05, 0.1) is 22.7 Å². The fourth-order valence-corrected chi connectivity index (χ4v) is 3.90. The number of hydrogen-bond donors (Lipinski definition) is 2. The molecule has 1 aliphatic rings. The van der Waals surface area contributed by atoms with Gasteiger partial charge in [-0.05, 0) is 55.8 Å². The second kappa shape index (κ2) is 10.7. The molecular formula is C22H24Cl2N2O4. The van der Waals surface area contributed by atoms with Crippen LogP contribution in [-0.4, -0.2) is 44.2 Å². The van der Waals surface area contributed by atoms with Crippen LogP contribution in [0.15, 0.2) is 42.5 Å². The number of carbonyl (C=O) groups is 2. The first-order valence-electron chi connectivity index (χ1n) is 9.77. The maximum atomic E-state index is 12.7. The Labute approximate surface area is 185 Å². The summed E-state index contributed by atoms with van der Waals surface area (Å²) < 4.78 is 10.9. The van der Waals surface area contributed by atoms with Crippen molar-refractivity contribution in [2.24, 2.45) is 0 Å². The third-order valence-corrected chi connectivity index (χ3v) is 5.56. The van der Waals surface area contributed by atoms with Gasteiger partial charge in [-0.2, -0.15) is 0 Å². The molecule has 1 fully saturated rings. The Balaban J connectivity index is 1.67. The monoisotopic (exact) mass is 450 g/mol. The van der Waals surface area contributed by atoms with Crippen molar-refractivity contribution in [2.45, 2.75) is 31.4 Å². The van der Waals surface area contributed by atoms with E-state index in [1.54, 1.807) is 18.2 Å². The van der Waals surface area contributed by atoms with E-state index in [0.717, 1.165) is 37.2 Å². The van der Waals surface area contributed by atoms with E-state index in [2.05, 4.69) is 10.6 Å². The minimum atomic E-state index is -0.883. The van der Waals surface area contributed by atoms with Crippen molar-refractivity contribution in [3.63, 3.8) is 0 Å². The predicted octanol–water partition coefficient (Wildman–Crippen LogP) is 3.64. The molecule has 1 amide bonds. The molecule has 3 rings (SSSR count). The Kier molecular flexibility index (Phi) is 7.96. The van der Waals surface area contributed by atoms with Gasteiger partial charge < -0.3 is 20.1 Å². The summed E-state index contributed by atoms with van der Waals surface area (Å²) in [7, 11) is 1.28. The molecule has 1 aliphatic heterocycles. The Morgan fingerprint density at radius 2 is 1.73 bits per heavy atom. The lowest BCUT2D eigenvalue weighted by atomic mass is 10.0. The van der Waals surface area contributed by atoms with Crippen molar-refractivity contribution in [2.75, 3.05) is 20.2 Å². The predicted molar refractivity (Wildman–Crippen MR) is 116 cm³/mol. The number of amides is 1. The van der Waals surface area contributed by atoms with Crippen LogP contribution in [0.25, 0.3) is 0 Å². The van der Waals surface area contributed by atoms with Crippen LogP contribution in [0.3, 0.4) is 0 Å². The summed E-state index contributed by atoms with van der Waals surface area (Å²) >= 11 is 12.2. The number of ether oxygens (including phenoxy) is 2. The van der Waals surface area contributed by atoms with Crippen LogP contribution >= 0.6 is 23.2 Å². The SMILES string of the molecule is COC(=O)[C@H](Cc1ccc(OC2CCNCC2)cc1)NC(=O)c1c(Cl)cccc1Cl. The molecule has 1 atom stereocenters. The molecule has 1 saturated heterocycles. The van der Waals surface area contributed by atoms with Gasteiger partial charge in [0.1, 0.15) is 17.9 Å². The molecule has 0 aliphatic carbocycles. The average Bonchev–Trinajstić information content (AvgIpc) is 2.74. The largest absolute Gasteiger partial charge is 0.490 e. The van der Waals surface area contributed by atoms with Crippen LogP contribution in [0, 0.1) is 0 Å². The number of rotatable bonds is 7. The van der Waals surface area contributed by atoms with Gasteiger partial charge in [0, 0.05) is 6.42 Å². The lowest BCUT2D eigenvalue weighted by molar-refractivity contribution is -0.142. The van der Waals surface area contributed by atoms with Crippen molar-refractivity contribution in [1.82, 2.24) is 10.6 Å². The number of esters is 1. The van der Waals surface area contributed by atoms with E-state index in [9.17, 15) is 9.59 Å². The Morgan fingerprint density at radius 1 is 1.10 bits per heavy atom. The smallest absolute Gasteiger partial charge is 0.328 e. The molecule has 1 heterocycles. The van der Waals surface area contributed by atoms with Gasteiger partial charge >= 0.3 is 5.97 Å². The van der Waals surface area contributed by atoms with Crippen LogP contribution in [0.4, 0.5) is 0 Å². The maximum Gasteiger partial charge on any atom is 0.328 e. The highest BCUT2D eigenvalue weighted by atomic mass is 35.5. The van der Waals surface area contributed by atoms with Gasteiger partial charge in [0.25, 0.3) is 5.91 Å². The molecule has 0 saturated carbocycles. The number of halogens is 2. The van der Waals surface area contributed by atoms with Crippen LogP contribution in [-0.2, 0) is 16.0 Å². The fraction of sp³-hybridized carbons (Fsp3) is 0.364. The standard InChI is InChI=1S/C22H24Cl2N2O4/c1-29-22(28)19(26-21(27)20-17(23)3-2-4-18(20)24)13-14-5-7-15(8-6-14)30-16-9-11-25-12-10-16/h2-8,16,19,25H,9-13H2,1H3,(H,26,27)/t19-/m0/s1. The Hall–Kier alpha value is -2.28. The molecule has 8 heteroatoms. The number of nitrogens with one attached hydrogen (secondary N) is 2. The van der Waals surface area contributed by atoms with Crippen molar-refractivity contribution in [3.8, 4) is 5.75 Å². The summed E-state index contributed by atoms with van der Waals surface area (Å²) in [4.78, 5) is 24.9. The first kappa shape index (κ1) is 22.4. The number of piperidine rings is 1. The second-order valence-corrected chi connectivity index (χ2v) is 7.88. The first-order chi connectivity index (χ1) is 14.5. The summed E-state index contributed by atoms with van der Waals surface area (Å²) in [6, 6.07) is 11.4. The number of benzene rings is 2. The molecule has 2 aromatic rings. The van der Waals surface area contributed by atoms with Gasteiger partial charge in [-0.3, -0.25) is 4.79 Å². The van der Waals surface area contributed by atoms with Crippen LogP contribution in [0.2, 0.25) is 10.0 Å². The van der Waals surface area contributed by atoms with Crippen LogP contribution < -0.4 is 15.4 Å². The van der Waals surface area contributed by atoms with Crippen molar-refractivity contribution in [3.05, 3.63) is 63.6 Å². The molecule has 30 heavy (non-hydrogen) atoms. The average molecular weight is 451 g/mol. The van der Waals surface area contributed by atoms with E-state index in [-0.39, 0.29) is 28.1 Å². The van der Waals surface area contributed by atoms with Gasteiger partial charge in [-0.1, -0.05) is 41.4 Å². The zero-order valence-corrected chi connectivity index (χ0v) is 18.1. The van der Waals surface area contributed by atoms with Crippen LogP contribution in [0.5, 0.6) is 5.75 Å². The van der Waals surface area contributed by atoms with Gasteiger partial charge in [0.2, 0.25) is 0 Å². The lowest BCUT2D eigenvalue weighted by Crippen LogP contribution is -2.43. The maximum absolute atomic E-state index is 12.7. The van der Waals surface area contributed by atoms with E-state index in [1.165, 1.54) is 7.11 Å². The highest BCUT2D eigenvalue weighted by molar-refractivity contribution is 6.39. The first-order valence-corrected chi connectivity index (χ1v) is 10.5. The third-order valence-electron chi connectivity index (χ3n) is 4.93. The quantitative estimate of drug-likeness (QED) is 0.629. The second-order valence-electron chi connectivity index (χ2n) is 7.06. The Morgan fingerprint density at radius 3 is 2.33 bits per heavy atom. The summed E-state index contributed by atoms with van der Waals surface area (Å²) in [6.45, 7) is 1.91. The fourth-order valence-electron chi connectivity index (χ4n) is 3.33. The topological polar surface area (TPSA) is 76.7 Å².